The van der Waals surface area contributed by atoms with Crippen molar-refractivity contribution < 1.29 is 4.79 Å². The van der Waals surface area contributed by atoms with Crippen LogP contribution in [0, 0.1) is 0 Å². The first-order valence-corrected chi connectivity index (χ1v) is 6.50. The van der Waals surface area contributed by atoms with Crippen LogP contribution in [0.4, 0.5) is 0 Å². The summed E-state index contributed by atoms with van der Waals surface area (Å²) in [6, 6.07) is 0.541. The van der Waals surface area contributed by atoms with E-state index in [9.17, 15) is 4.79 Å². The molecule has 1 saturated carbocycles. The fourth-order valence-electron chi connectivity index (χ4n) is 2.42. The van der Waals surface area contributed by atoms with E-state index in [4.69, 9.17) is 5.73 Å². The van der Waals surface area contributed by atoms with E-state index in [1.54, 1.807) is 0 Å². The Morgan fingerprint density at radius 3 is 2.35 bits per heavy atom. The Morgan fingerprint density at radius 1 is 1.29 bits per heavy atom. The molecule has 100 valence electrons. The Labute approximate surface area is 110 Å². The highest BCUT2D eigenvalue weighted by Gasteiger charge is 2.32. The van der Waals surface area contributed by atoms with Gasteiger partial charge < -0.3 is 10.6 Å². The number of amides is 1. The van der Waals surface area contributed by atoms with E-state index in [2.05, 4.69) is 11.8 Å². The third-order valence-corrected chi connectivity index (χ3v) is 3.61. The van der Waals surface area contributed by atoms with Gasteiger partial charge in [-0.05, 0) is 19.3 Å². The minimum absolute atomic E-state index is 0. The smallest absolute Gasteiger partial charge is 0.239 e. The van der Waals surface area contributed by atoms with E-state index in [-0.39, 0.29) is 24.4 Å². The highest BCUT2D eigenvalue weighted by atomic mass is 35.5. The number of hydrogen-bond donors (Lipinski definition) is 1. The first-order valence-electron chi connectivity index (χ1n) is 6.50. The van der Waals surface area contributed by atoms with Crippen LogP contribution in [0.15, 0.2) is 0 Å². The molecular weight excluding hydrogens is 238 g/mol. The van der Waals surface area contributed by atoms with Gasteiger partial charge in [0.2, 0.25) is 5.91 Å². The Kier molecular flexibility index (Phi) is 5.70. The van der Waals surface area contributed by atoms with Crippen molar-refractivity contribution in [1.82, 2.24) is 9.80 Å². The largest absolute Gasteiger partial charge is 0.339 e. The number of halogens is 1. The molecular formula is C12H24ClN3O. The lowest BCUT2D eigenvalue weighted by atomic mass is 10.1. The highest BCUT2D eigenvalue weighted by molar-refractivity contribution is 5.85. The van der Waals surface area contributed by atoms with Crippen LogP contribution >= 0.6 is 12.4 Å². The Hall–Kier alpha value is -0.320. The molecule has 17 heavy (non-hydrogen) atoms. The van der Waals surface area contributed by atoms with Crippen LogP contribution in [0.2, 0.25) is 0 Å². The van der Waals surface area contributed by atoms with Crippen molar-refractivity contribution in [2.75, 3.05) is 26.2 Å². The fraction of sp³-hybridized carbons (Fsp3) is 0.917. The van der Waals surface area contributed by atoms with Crippen LogP contribution in [0.1, 0.15) is 32.6 Å². The molecule has 5 heteroatoms. The Balaban J connectivity index is 0.00000144. The van der Waals surface area contributed by atoms with Crippen molar-refractivity contribution in [3.05, 3.63) is 0 Å². The van der Waals surface area contributed by atoms with Crippen LogP contribution in [-0.4, -0.2) is 54.0 Å². The Morgan fingerprint density at radius 2 is 1.88 bits per heavy atom. The van der Waals surface area contributed by atoms with Gasteiger partial charge in [-0.3, -0.25) is 9.69 Å². The summed E-state index contributed by atoms with van der Waals surface area (Å²) in [5, 5.41) is 0. The molecule has 0 bridgehead atoms. The summed E-state index contributed by atoms with van der Waals surface area (Å²) < 4.78 is 0. The highest BCUT2D eigenvalue weighted by Crippen LogP contribution is 2.27. The van der Waals surface area contributed by atoms with Gasteiger partial charge in [-0.2, -0.15) is 0 Å². The molecule has 0 aromatic carbocycles. The SMILES string of the molecule is CCCC(N)C(=O)N1CCN(C2CC2)CC1.Cl. The normalized spacial score (nSPS) is 23.1. The molecule has 4 nitrogen and oxygen atoms in total. The number of carbonyl (C=O) groups excluding carboxylic acids is 1. The van der Waals surface area contributed by atoms with E-state index >= 15 is 0 Å². The number of carbonyl (C=O) groups is 1. The lowest BCUT2D eigenvalue weighted by Gasteiger charge is -2.36. The van der Waals surface area contributed by atoms with Crippen molar-refractivity contribution >= 4 is 18.3 Å². The molecule has 1 heterocycles. The fourth-order valence-corrected chi connectivity index (χ4v) is 2.42. The van der Waals surface area contributed by atoms with Gasteiger partial charge in [0, 0.05) is 32.2 Å². The monoisotopic (exact) mass is 261 g/mol. The molecule has 1 saturated heterocycles. The van der Waals surface area contributed by atoms with Crippen molar-refractivity contribution in [3.8, 4) is 0 Å². The molecule has 1 unspecified atom stereocenters. The maximum absolute atomic E-state index is 12.0. The van der Waals surface area contributed by atoms with Crippen LogP contribution in [0.5, 0.6) is 0 Å². The molecule has 0 aromatic heterocycles. The first-order chi connectivity index (χ1) is 7.72. The molecule has 1 atom stereocenters. The number of piperazine rings is 1. The molecule has 1 aliphatic carbocycles. The van der Waals surface area contributed by atoms with Gasteiger partial charge >= 0.3 is 0 Å². The molecule has 0 aromatic rings. The third-order valence-electron chi connectivity index (χ3n) is 3.61. The van der Waals surface area contributed by atoms with Crippen LogP contribution in [0.25, 0.3) is 0 Å². The maximum Gasteiger partial charge on any atom is 0.239 e. The summed E-state index contributed by atoms with van der Waals surface area (Å²) in [7, 11) is 0. The van der Waals surface area contributed by atoms with Gasteiger partial charge in [-0.25, -0.2) is 0 Å². The van der Waals surface area contributed by atoms with Crippen LogP contribution in [-0.2, 0) is 4.79 Å². The minimum atomic E-state index is -0.280. The topological polar surface area (TPSA) is 49.6 Å². The average molecular weight is 262 g/mol. The second-order valence-corrected chi connectivity index (χ2v) is 4.99. The molecule has 1 amide bonds. The van der Waals surface area contributed by atoms with Gasteiger partial charge in [-0.15, -0.1) is 12.4 Å². The van der Waals surface area contributed by atoms with Crippen LogP contribution in [0.3, 0.4) is 0 Å². The maximum atomic E-state index is 12.0. The molecule has 1 aliphatic heterocycles. The molecule has 2 aliphatic rings. The quantitative estimate of drug-likeness (QED) is 0.816. The summed E-state index contributed by atoms with van der Waals surface area (Å²) in [6.07, 6.45) is 4.49. The first kappa shape index (κ1) is 14.7. The zero-order chi connectivity index (χ0) is 11.5. The van der Waals surface area contributed by atoms with E-state index in [0.717, 1.165) is 45.1 Å². The second-order valence-electron chi connectivity index (χ2n) is 4.99. The van der Waals surface area contributed by atoms with Gasteiger partial charge in [0.05, 0.1) is 6.04 Å². The predicted molar refractivity (Wildman–Crippen MR) is 71.3 cm³/mol. The standard InChI is InChI=1S/C12H23N3O.ClH/c1-2-3-11(13)12(16)15-8-6-14(7-9-15)10-4-5-10;/h10-11H,2-9,13H2,1H3;1H. The second kappa shape index (κ2) is 6.57. The van der Waals surface area contributed by atoms with E-state index in [1.807, 2.05) is 4.90 Å². The number of nitrogens with two attached hydrogens (primary N) is 1. The summed E-state index contributed by atoms with van der Waals surface area (Å²) in [6.45, 7) is 5.88. The summed E-state index contributed by atoms with van der Waals surface area (Å²) in [4.78, 5) is 16.4. The average Bonchev–Trinajstić information content (AvgIpc) is 3.12. The molecule has 0 radical (unpaired) electrons. The van der Waals surface area contributed by atoms with Gasteiger partial charge in [-0.1, -0.05) is 13.3 Å². The number of nitrogens with zero attached hydrogens (tertiary/aromatic N) is 2. The minimum Gasteiger partial charge on any atom is -0.339 e. The Bertz CT molecular complexity index is 250. The lowest BCUT2D eigenvalue weighted by Crippen LogP contribution is -2.53. The molecule has 2 N–H and O–H groups in total. The van der Waals surface area contributed by atoms with E-state index in [0.29, 0.717) is 0 Å². The molecule has 2 fully saturated rings. The number of rotatable bonds is 4. The van der Waals surface area contributed by atoms with Crippen molar-refractivity contribution in [2.45, 2.75) is 44.7 Å². The molecule has 0 spiro atoms. The lowest BCUT2D eigenvalue weighted by molar-refractivity contribution is -0.134. The number of hydrogen-bond acceptors (Lipinski definition) is 3. The molecule has 2 rings (SSSR count). The zero-order valence-electron chi connectivity index (χ0n) is 10.6. The van der Waals surface area contributed by atoms with E-state index in [1.165, 1.54) is 12.8 Å². The predicted octanol–water partition coefficient (Wildman–Crippen LogP) is 0.842. The van der Waals surface area contributed by atoms with Crippen LogP contribution < -0.4 is 5.73 Å². The van der Waals surface area contributed by atoms with Gasteiger partial charge in [0.15, 0.2) is 0 Å². The summed E-state index contributed by atoms with van der Waals surface area (Å²) in [5.74, 6) is 0.150. The third kappa shape index (κ3) is 3.83. The van der Waals surface area contributed by atoms with E-state index < -0.39 is 0 Å². The van der Waals surface area contributed by atoms with Crippen molar-refractivity contribution in [3.63, 3.8) is 0 Å². The summed E-state index contributed by atoms with van der Waals surface area (Å²) in [5.41, 5.74) is 5.86. The van der Waals surface area contributed by atoms with Crippen molar-refractivity contribution in [2.24, 2.45) is 5.73 Å². The van der Waals surface area contributed by atoms with Gasteiger partial charge in [0.25, 0.3) is 0 Å². The van der Waals surface area contributed by atoms with Gasteiger partial charge in [0.1, 0.15) is 0 Å². The summed E-state index contributed by atoms with van der Waals surface area (Å²) >= 11 is 0. The zero-order valence-corrected chi connectivity index (χ0v) is 11.4. The van der Waals surface area contributed by atoms with Crippen molar-refractivity contribution in [1.29, 1.82) is 0 Å².